The number of hydrogen-bond donors (Lipinski definition) is 1. The first-order valence-electron chi connectivity index (χ1n) is 9.66. The van der Waals surface area contributed by atoms with E-state index in [0.29, 0.717) is 17.4 Å². The molecule has 0 aliphatic rings. The average Bonchev–Trinajstić information content (AvgIpc) is 2.68. The summed E-state index contributed by atoms with van der Waals surface area (Å²) in [6, 6.07) is 14.4. The number of halogens is 1. The molecule has 2 rings (SSSR count). The van der Waals surface area contributed by atoms with Crippen LogP contribution in [0.1, 0.15) is 57.7 Å². The number of nitrogens with one attached hydrogen (secondary N) is 1. The van der Waals surface area contributed by atoms with E-state index in [9.17, 15) is 9.59 Å². The van der Waals surface area contributed by atoms with Crippen LogP contribution in [-0.4, -0.2) is 24.1 Å². The quantitative estimate of drug-likeness (QED) is 0.611. The normalized spacial score (nSPS) is 13.3. The maximum absolute atomic E-state index is 12.6. The van der Waals surface area contributed by atoms with Crippen LogP contribution in [0.2, 0.25) is 5.02 Å². The third-order valence-electron chi connectivity index (χ3n) is 4.64. The van der Waals surface area contributed by atoms with Crippen molar-refractivity contribution in [2.24, 2.45) is 0 Å². The van der Waals surface area contributed by atoms with Gasteiger partial charge in [0.2, 0.25) is 5.91 Å². The minimum Gasteiger partial charge on any atom is -0.476 e. The molecule has 0 aliphatic carbocycles. The van der Waals surface area contributed by atoms with E-state index in [1.807, 2.05) is 38.1 Å². The van der Waals surface area contributed by atoms with Crippen molar-refractivity contribution < 1.29 is 19.1 Å². The molecule has 0 saturated carbocycles. The van der Waals surface area contributed by atoms with Gasteiger partial charge in [0, 0.05) is 5.02 Å². The number of carbonyl (C=O) groups is 2. The zero-order chi connectivity index (χ0) is 21.6. The third kappa shape index (κ3) is 6.23. The maximum atomic E-state index is 12.6. The molecule has 156 valence electrons. The molecule has 0 aliphatic heterocycles. The summed E-state index contributed by atoms with van der Waals surface area (Å²) in [6.45, 7) is 9.17. The van der Waals surface area contributed by atoms with Crippen molar-refractivity contribution in [3.05, 3.63) is 64.7 Å². The minimum atomic E-state index is -1.08. The average molecular weight is 418 g/mol. The van der Waals surface area contributed by atoms with Crippen LogP contribution in [0.4, 0.5) is 0 Å². The third-order valence-corrected chi connectivity index (χ3v) is 4.89. The van der Waals surface area contributed by atoms with Gasteiger partial charge in [-0.05, 0) is 70.0 Å². The molecule has 0 bridgehead atoms. The maximum Gasteiger partial charge on any atom is 0.349 e. The summed E-state index contributed by atoms with van der Waals surface area (Å²) >= 11 is 5.91. The Morgan fingerprint density at radius 1 is 1.00 bits per heavy atom. The molecule has 5 nitrogen and oxygen atoms in total. The molecule has 1 N–H and O–H groups in total. The summed E-state index contributed by atoms with van der Waals surface area (Å²) in [5.41, 5.74) is 0.762. The molecule has 2 aromatic rings. The van der Waals surface area contributed by atoms with Crippen LogP contribution in [-0.2, 0) is 14.3 Å². The molecular formula is C23H28ClNO4. The lowest BCUT2D eigenvalue weighted by Gasteiger charge is -2.24. The lowest BCUT2D eigenvalue weighted by molar-refractivity contribution is -0.158. The summed E-state index contributed by atoms with van der Waals surface area (Å²) in [7, 11) is 0. The molecule has 29 heavy (non-hydrogen) atoms. The SMILES string of the molecule is CCOC(=O)C(C)(C)Oc1ccc(C(C)NC(=O)C(C)c2ccc(Cl)cc2)cc1. The molecule has 1 amide bonds. The Morgan fingerprint density at radius 2 is 1.55 bits per heavy atom. The first-order valence-corrected chi connectivity index (χ1v) is 10.0. The van der Waals surface area contributed by atoms with Crippen molar-refractivity contribution in [1.82, 2.24) is 5.32 Å². The van der Waals surface area contributed by atoms with Crippen molar-refractivity contribution in [2.75, 3.05) is 6.61 Å². The lowest BCUT2D eigenvalue weighted by atomic mass is 9.99. The highest BCUT2D eigenvalue weighted by Crippen LogP contribution is 2.24. The Bertz CT molecular complexity index is 831. The van der Waals surface area contributed by atoms with Crippen LogP contribution >= 0.6 is 11.6 Å². The van der Waals surface area contributed by atoms with E-state index in [0.717, 1.165) is 11.1 Å². The fourth-order valence-electron chi connectivity index (χ4n) is 2.79. The number of amides is 1. The van der Waals surface area contributed by atoms with Gasteiger partial charge in [-0.3, -0.25) is 4.79 Å². The monoisotopic (exact) mass is 417 g/mol. The van der Waals surface area contributed by atoms with E-state index in [4.69, 9.17) is 21.1 Å². The topological polar surface area (TPSA) is 64.6 Å². The van der Waals surface area contributed by atoms with Gasteiger partial charge >= 0.3 is 5.97 Å². The number of carbonyl (C=O) groups excluding carboxylic acids is 2. The second kappa shape index (κ2) is 9.79. The van der Waals surface area contributed by atoms with Gasteiger partial charge in [0.1, 0.15) is 5.75 Å². The van der Waals surface area contributed by atoms with Crippen molar-refractivity contribution in [3.8, 4) is 5.75 Å². The molecular weight excluding hydrogens is 390 g/mol. The fourth-order valence-corrected chi connectivity index (χ4v) is 2.92. The molecule has 0 radical (unpaired) electrons. The zero-order valence-electron chi connectivity index (χ0n) is 17.5. The van der Waals surface area contributed by atoms with Crippen LogP contribution in [0.15, 0.2) is 48.5 Å². The molecule has 0 fully saturated rings. The summed E-state index contributed by atoms with van der Waals surface area (Å²) in [6.07, 6.45) is 0. The Kier molecular flexibility index (Phi) is 7.68. The zero-order valence-corrected chi connectivity index (χ0v) is 18.2. The van der Waals surface area contributed by atoms with Crippen LogP contribution < -0.4 is 10.1 Å². The summed E-state index contributed by atoms with van der Waals surface area (Å²) < 4.78 is 10.8. The number of rotatable bonds is 8. The van der Waals surface area contributed by atoms with Crippen molar-refractivity contribution in [2.45, 2.75) is 52.2 Å². The van der Waals surface area contributed by atoms with Gasteiger partial charge in [-0.25, -0.2) is 4.79 Å². The standard InChI is InChI=1S/C23H28ClNO4/c1-6-28-22(27)23(4,5)29-20-13-9-18(10-14-20)16(3)25-21(26)15(2)17-7-11-19(24)12-8-17/h7-16H,6H2,1-5H3,(H,25,26). The largest absolute Gasteiger partial charge is 0.476 e. The number of esters is 1. The molecule has 2 atom stereocenters. The highest BCUT2D eigenvalue weighted by atomic mass is 35.5. The number of ether oxygens (including phenoxy) is 2. The molecule has 2 aromatic carbocycles. The van der Waals surface area contributed by atoms with Crippen LogP contribution in [0, 0.1) is 0 Å². The van der Waals surface area contributed by atoms with E-state index in [2.05, 4.69) is 5.32 Å². The van der Waals surface area contributed by atoms with Crippen molar-refractivity contribution >= 4 is 23.5 Å². The van der Waals surface area contributed by atoms with Crippen LogP contribution in [0.3, 0.4) is 0 Å². The van der Waals surface area contributed by atoms with Crippen LogP contribution in [0.5, 0.6) is 5.75 Å². The molecule has 0 heterocycles. The summed E-state index contributed by atoms with van der Waals surface area (Å²) in [4.78, 5) is 24.5. The highest BCUT2D eigenvalue weighted by molar-refractivity contribution is 6.30. The molecule has 0 saturated heterocycles. The molecule has 2 unspecified atom stereocenters. The molecule has 0 spiro atoms. The molecule has 0 aromatic heterocycles. The van der Waals surface area contributed by atoms with Gasteiger partial charge in [-0.2, -0.15) is 0 Å². The second-order valence-corrected chi connectivity index (χ2v) is 7.84. The first-order chi connectivity index (χ1) is 13.6. The fraction of sp³-hybridized carbons (Fsp3) is 0.391. The van der Waals surface area contributed by atoms with Crippen molar-refractivity contribution in [1.29, 1.82) is 0 Å². The van der Waals surface area contributed by atoms with E-state index in [-0.39, 0.29) is 17.9 Å². The predicted molar refractivity (Wildman–Crippen MR) is 114 cm³/mol. The van der Waals surface area contributed by atoms with Crippen molar-refractivity contribution in [3.63, 3.8) is 0 Å². The second-order valence-electron chi connectivity index (χ2n) is 7.41. The van der Waals surface area contributed by atoms with E-state index in [1.165, 1.54) is 0 Å². The van der Waals surface area contributed by atoms with E-state index < -0.39 is 11.6 Å². The van der Waals surface area contributed by atoms with Gasteiger partial charge in [0.25, 0.3) is 0 Å². The lowest BCUT2D eigenvalue weighted by Crippen LogP contribution is -2.39. The Balaban J connectivity index is 1.99. The number of benzene rings is 2. The Morgan fingerprint density at radius 3 is 2.10 bits per heavy atom. The van der Waals surface area contributed by atoms with Gasteiger partial charge < -0.3 is 14.8 Å². The minimum absolute atomic E-state index is 0.0661. The summed E-state index contributed by atoms with van der Waals surface area (Å²) in [5.74, 6) is -0.216. The van der Waals surface area contributed by atoms with E-state index in [1.54, 1.807) is 45.0 Å². The van der Waals surface area contributed by atoms with Gasteiger partial charge in [-0.15, -0.1) is 0 Å². The van der Waals surface area contributed by atoms with Gasteiger partial charge in [-0.1, -0.05) is 35.9 Å². The Hall–Kier alpha value is -2.53. The summed E-state index contributed by atoms with van der Waals surface area (Å²) in [5, 5.41) is 3.67. The first kappa shape index (κ1) is 22.8. The van der Waals surface area contributed by atoms with Gasteiger partial charge in [0.15, 0.2) is 5.60 Å². The predicted octanol–water partition coefficient (Wildman–Crippen LogP) is 5.04. The van der Waals surface area contributed by atoms with Gasteiger partial charge in [0.05, 0.1) is 18.6 Å². The molecule has 6 heteroatoms. The van der Waals surface area contributed by atoms with Crippen LogP contribution in [0.25, 0.3) is 0 Å². The smallest absolute Gasteiger partial charge is 0.349 e. The number of hydrogen-bond acceptors (Lipinski definition) is 4. The van der Waals surface area contributed by atoms with E-state index >= 15 is 0 Å². The Labute approximate surface area is 177 Å². The highest BCUT2D eigenvalue weighted by Gasteiger charge is 2.31.